The number of nitrogens with zero attached hydrogens (tertiary/aromatic N) is 1. The van der Waals surface area contributed by atoms with Gasteiger partial charge in [0.05, 0.1) is 17.6 Å². The normalized spacial score (nSPS) is 11.3. The molecule has 0 unspecified atom stereocenters. The first-order valence-corrected chi connectivity index (χ1v) is 7.66. The Labute approximate surface area is 120 Å². The van der Waals surface area contributed by atoms with Crippen molar-refractivity contribution < 1.29 is 8.42 Å². The van der Waals surface area contributed by atoms with Gasteiger partial charge in [-0.3, -0.25) is 9.71 Å². The Balaban J connectivity index is 2.35. The summed E-state index contributed by atoms with van der Waals surface area (Å²) in [5.41, 5.74) is 7.11. The summed E-state index contributed by atoms with van der Waals surface area (Å²) < 4.78 is 27.5. The molecule has 100 valence electrons. The number of rotatable bonds is 3. The summed E-state index contributed by atoms with van der Waals surface area (Å²) in [4.78, 5) is 4.07. The SMILES string of the molecule is Cc1ccc(NS(=O)(=O)c2ccc(Br)cc2N)cn1. The van der Waals surface area contributed by atoms with Crippen LogP contribution in [0.15, 0.2) is 45.9 Å². The molecule has 0 aliphatic carbocycles. The summed E-state index contributed by atoms with van der Waals surface area (Å²) in [6, 6.07) is 7.99. The van der Waals surface area contributed by atoms with E-state index in [1.807, 2.05) is 6.92 Å². The second kappa shape index (κ2) is 5.18. The molecular formula is C12H12BrN3O2S. The number of pyridine rings is 1. The number of anilines is 2. The van der Waals surface area contributed by atoms with E-state index in [0.717, 1.165) is 10.2 Å². The maximum absolute atomic E-state index is 12.2. The molecule has 2 aromatic rings. The van der Waals surface area contributed by atoms with Crippen LogP contribution in [0.5, 0.6) is 0 Å². The Bertz CT molecular complexity index is 699. The maximum atomic E-state index is 12.2. The van der Waals surface area contributed by atoms with Gasteiger partial charge in [-0.1, -0.05) is 15.9 Å². The van der Waals surface area contributed by atoms with Crippen LogP contribution in [0, 0.1) is 6.92 Å². The molecule has 0 bridgehead atoms. The van der Waals surface area contributed by atoms with Crippen molar-refractivity contribution in [2.75, 3.05) is 10.5 Å². The Morgan fingerprint density at radius 2 is 2.00 bits per heavy atom. The number of aryl methyl sites for hydroxylation is 1. The van der Waals surface area contributed by atoms with E-state index in [-0.39, 0.29) is 10.6 Å². The van der Waals surface area contributed by atoms with Crippen molar-refractivity contribution in [3.8, 4) is 0 Å². The van der Waals surface area contributed by atoms with Gasteiger partial charge in [0.1, 0.15) is 4.90 Å². The van der Waals surface area contributed by atoms with Crippen LogP contribution in [-0.2, 0) is 10.0 Å². The van der Waals surface area contributed by atoms with Gasteiger partial charge in [-0.2, -0.15) is 0 Å². The van der Waals surface area contributed by atoms with E-state index < -0.39 is 10.0 Å². The van der Waals surface area contributed by atoms with Crippen molar-refractivity contribution >= 4 is 37.3 Å². The summed E-state index contributed by atoms with van der Waals surface area (Å²) in [6.07, 6.45) is 1.46. The van der Waals surface area contributed by atoms with Gasteiger partial charge in [0.15, 0.2) is 0 Å². The van der Waals surface area contributed by atoms with Crippen molar-refractivity contribution in [3.63, 3.8) is 0 Å². The van der Waals surface area contributed by atoms with Gasteiger partial charge in [0.25, 0.3) is 10.0 Å². The van der Waals surface area contributed by atoms with Crippen molar-refractivity contribution in [3.05, 3.63) is 46.7 Å². The summed E-state index contributed by atoms with van der Waals surface area (Å²) in [5, 5.41) is 0. The molecule has 1 aromatic heterocycles. The molecule has 5 nitrogen and oxygen atoms in total. The topological polar surface area (TPSA) is 85.1 Å². The molecule has 7 heteroatoms. The van der Waals surface area contributed by atoms with E-state index in [2.05, 4.69) is 25.6 Å². The van der Waals surface area contributed by atoms with Gasteiger partial charge in [0, 0.05) is 10.2 Å². The van der Waals surface area contributed by atoms with Gasteiger partial charge in [-0.15, -0.1) is 0 Å². The molecule has 0 atom stereocenters. The number of hydrogen-bond donors (Lipinski definition) is 2. The highest BCUT2D eigenvalue weighted by atomic mass is 79.9. The van der Waals surface area contributed by atoms with Crippen molar-refractivity contribution in [2.45, 2.75) is 11.8 Å². The van der Waals surface area contributed by atoms with E-state index in [0.29, 0.717) is 5.69 Å². The fourth-order valence-corrected chi connectivity index (χ4v) is 3.04. The second-order valence-corrected chi connectivity index (χ2v) is 6.54. The summed E-state index contributed by atoms with van der Waals surface area (Å²) in [7, 11) is -3.71. The minimum absolute atomic E-state index is 0.0382. The standard InChI is InChI=1S/C12H12BrN3O2S/c1-8-2-4-10(7-15-8)16-19(17,18)12-5-3-9(13)6-11(12)14/h2-7,16H,14H2,1H3. The lowest BCUT2D eigenvalue weighted by Gasteiger charge is -2.10. The molecule has 0 saturated carbocycles. The van der Waals surface area contributed by atoms with E-state index in [9.17, 15) is 8.42 Å². The number of nitrogen functional groups attached to an aromatic ring is 1. The summed E-state index contributed by atoms with van der Waals surface area (Å²) in [6.45, 7) is 1.82. The largest absolute Gasteiger partial charge is 0.398 e. The molecule has 0 spiro atoms. The molecule has 0 radical (unpaired) electrons. The highest BCUT2D eigenvalue weighted by molar-refractivity contribution is 9.10. The number of sulfonamides is 1. The van der Waals surface area contributed by atoms with Crippen LogP contribution in [0.3, 0.4) is 0 Å². The zero-order valence-corrected chi connectivity index (χ0v) is 12.5. The van der Waals surface area contributed by atoms with Crippen molar-refractivity contribution in [1.29, 1.82) is 0 Å². The Kier molecular flexibility index (Phi) is 3.77. The van der Waals surface area contributed by atoms with E-state index in [1.165, 1.54) is 12.3 Å². The minimum atomic E-state index is -3.71. The number of benzene rings is 1. The Hall–Kier alpha value is -1.60. The zero-order valence-electron chi connectivity index (χ0n) is 10.1. The monoisotopic (exact) mass is 341 g/mol. The lowest BCUT2D eigenvalue weighted by Crippen LogP contribution is -2.15. The fraction of sp³-hybridized carbons (Fsp3) is 0.0833. The fourth-order valence-electron chi connectivity index (χ4n) is 1.50. The lowest BCUT2D eigenvalue weighted by atomic mass is 10.3. The van der Waals surface area contributed by atoms with Crippen LogP contribution in [0.2, 0.25) is 0 Å². The van der Waals surface area contributed by atoms with Gasteiger partial charge < -0.3 is 5.73 Å². The van der Waals surface area contributed by atoms with Crippen LogP contribution in [0.4, 0.5) is 11.4 Å². The average molecular weight is 342 g/mol. The molecule has 0 aliphatic heterocycles. The molecule has 2 rings (SSSR count). The predicted octanol–water partition coefficient (Wildman–Crippen LogP) is 2.54. The number of aromatic nitrogens is 1. The molecular weight excluding hydrogens is 330 g/mol. The number of nitrogens with two attached hydrogens (primary N) is 1. The molecule has 0 fully saturated rings. The average Bonchev–Trinajstić information content (AvgIpc) is 2.31. The zero-order chi connectivity index (χ0) is 14.0. The number of hydrogen-bond acceptors (Lipinski definition) is 4. The van der Waals surface area contributed by atoms with Gasteiger partial charge in [-0.25, -0.2) is 8.42 Å². The first-order chi connectivity index (χ1) is 8.88. The summed E-state index contributed by atoms with van der Waals surface area (Å²) in [5.74, 6) is 0. The second-order valence-electron chi connectivity index (χ2n) is 3.98. The molecule has 1 aromatic carbocycles. The molecule has 0 amide bonds. The first kappa shape index (κ1) is 13.8. The van der Waals surface area contributed by atoms with Gasteiger partial charge >= 0.3 is 0 Å². The molecule has 19 heavy (non-hydrogen) atoms. The third kappa shape index (κ3) is 3.24. The highest BCUT2D eigenvalue weighted by Crippen LogP contribution is 2.24. The third-order valence-electron chi connectivity index (χ3n) is 2.42. The lowest BCUT2D eigenvalue weighted by molar-refractivity contribution is 0.601. The van der Waals surface area contributed by atoms with Gasteiger partial charge in [0.2, 0.25) is 0 Å². The quantitative estimate of drug-likeness (QED) is 0.840. The van der Waals surface area contributed by atoms with Crippen molar-refractivity contribution in [1.82, 2.24) is 4.98 Å². The highest BCUT2D eigenvalue weighted by Gasteiger charge is 2.17. The minimum Gasteiger partial charge on any atom is -0.398 e. The predicted molar refractivity (Wildman–Crippen MR) is 78.3 cm³/mol. The molecule has 1 heterocycles. The van der Waals surface area contributed by atoms with Crippen LogP contribution in [-0.4, -0.2) is 13.4 Å². The number of halogens is 1. The Morgan fingerprint density at radius 3 is 2.58 bits per heavy atom. The first-order valence-electron chi connectivity index (χ1n) is 5.39. The van der Waals surface area contributed by atoms with Crippen molar-refractivity contribution in [2.24, 2.45) is 0 Å². The van der Waals surface area contributed by atoms with E-state index in [4.69, 9.17) is 5.73 Å². The third-order valence-corrected chi connectivity index (χ3v) is 4.37. The van der Waals surface area contributed by atoms with Crippen LogP contribution in [0.1, 0.15) is 5.69 Å². The van der Waals surface area contributed by atoms with Crippen LogP contribution >= 0.6 is 15.9 Å². The molecule has 3 N–H and O–H groups in total. The molecule has 0 aliphatic rings. The van der Waals surface area contributed by atoms with E-state index >= 15 is 0 Å². The van der Waals surface area contributed by atoms with E-state index in [1.54, 1.807) is 24.3 Å². The maximum Gasteiger partial charge on any atom is 0.263 e. The van der Waals surface area contributed by atoms with Crippen LogP contribution in [0.25, 0.3) is 0 Å². The summed E-state index contributed by atoms with van der Waals surface area (Å²) >= 11 is 3.23. The number of nitrogens with one attached hydrogen (secondary N) is 1. The van der Waals surface area contributed by atoms with Crippen LogP contribution < -0.4 is 10.5 Å². The molecule has 0 saturated heterocycles. The van der Waals surface area contributed by atoms with Gasteiger partial charge in [-0.05, 0) is 37.3 Å². The Morgan fingerprint density at radius 1 is 1.26 bits per heavy atom. The smallest absolute Gasteiger partial charge is 0.263 e.